The van der Waals surface area contributed by atoms with Crippen LogP contribution in [-0.2, 0) is 4.79 Å². The quantitative estimate of drug-likeness (QED) is 0.387. The van der Waals surface area contributed by atoms with Gasteiger partial charge >= 0.3 is 5.97 Å². The Morgan fingerprint density at radius 3 is 2.00 bits per heavy atom. The Kier molecular flexibility index (Phi) is 13.0. The highest BCUT2D eigenvalue weighted by molar-refractivity contribution is 5.71. The van der Waals surface area contributed by atoms with Crippen molar-refractivity contribution in [2.24, 2.45) is 0 Å². The molecule has 0 rings (SSSR count). The van der Waals surface area contributed by atoms with Gasteiger partial charge in [-0.1, -0.05) is 57.6 Å². The number of hydrogen-bond acceptors (Lipinski definition) is 2. The van der Waals surface area contributed by atoms with Gasteiger partial charge in [0.05, 0.1) is 0 Å². The molecule has 0 spiro atoms. The van der Waals surface area contributed by atoms with Crippen LogP contribution in [0.2, 0.25) is 0 Å². The Bertz CT molecular complexity index is 236. The number of carbonyl (C=O) groups is 1. The van der Waals surface area contributed by atoms with Crippen LogP contribution in [0.5, 0.6) is 0 Å². The van der Waals surface area contributed by atoms with E-state index in [1.165, 1.54) is 32.1 Å². The Labute approximate surface area is 117 Å². The first-order valence-electron chi connectivity index (χ1n) is 7.74. The second kappa shape index (κ2) is 13.6. The van der Waals surface area contributed by atoms with Gasteiger partial charge in [0.15, 0.2) is 6.10 Å². The first kappa shape index (κ1) is 18.2. The minimum atomic E-state index is -1.18. The molecule has 3 nitrogen and oxygen atoms in total. The van der Waals surface area contributed by atoms with E-state index in [9.17, 15) is 4.79 Å². The Morgan fingerprint density at radius 2 is 1.47 bits per heavy atom. The Balaban J connectivity index is 3.18. The largest absolute Gasteiger partial charge is 0.479 e. The lowest BCUT2D eigenvalue weighted by molar-refractivity contribution is -0.146. The van der Waals surface area contributed by atoms with Gasteiger partial charge in [0.25, 0.3) is 0 Å². The van der Waals surface area contributed by atoms with Crippen molar-refractivity contribution < 1.29 is 15.0 Å². The Hall–Kier alpha value is -0.830. The van der Waals surface area contributed by atoms with Gasteiger partial charge in [-0.25, -0.2) is 4.79 Å². The maximum absolute atomic E-state index is 10.4. The summed E-state index contributed by atoms with van der Waals surface area (Å²) in [4.78, 5) is 10.4. The number of hydrogen-bond donors (Lipinski definition) is 2. The van der Waals surface area contributed by atoms with Crippen LogP contribution in [0.3, 0.4) is 0 Å². The van der Waals surface area contributed by atoms with Crippen LogP contribution in [0.25, 0.3) is 0 Å². The predicted octanol–water partition coefficient (Wildman–Crippen LogP) is 4.30. The molecule has 1 unspecified atom stereocenters. The van der Waals surface area contributed by atoms with Crippen molar-refractivity contribution in [2.45, 2.75) is 83.7 Å². The lowest BCUT2D eigenvalue weighted by Gasteiger charge is -2.04. The third-order valence-electron chi connectivity index (χ3n) is 3.27. The maximum Gasteiger partial charge on any atom is 0.332 e. The number of unbranched alkanes of at least 4 members (excludes halogenated alkanes) is 8. The number of aliphatic hydroxyl groups excluding tert-OH is 1. The van der Waals surface area contributed by atoms with Crippen LogP contribution >= 0.6 is 0 Å². The zero-order valence-electron chi connectivity index (χ0n) is 12.3. The molecule has 0 aromatic carbocycles. The van der Waals surface area contributed by atoms with Gasteiger partial charge in [-0.15, -0.1) is 0 Å². The smallest absolute Gasteiger partial charge is 0.332 e. The van der Waals surface area contributed by atoms with Crippen LogP contribution in [-0.4, -0.2) is 22.3 Å². The number of rotatable bonds is 13. The van der Waals surface area contributed by atoms with E-state index in [1.54, 1.807) is 0 Å². The summed E-state index contributed by atoms with van der Waals surface area (Å²) in [5, 5.41) is 17.6. The average Bonchev–Trinajstić information content (AvgIpc) is 2.39. The van der Waals surface area contributed by atoms with Gasteiger partial charge in [0.1, 0.15) is 0 Å². The molecule has 0 aliphatic heterocycles. The van der Waals surface area contributed by atoms with Crippen LogP contribution in [0.15, 0.2) is 12.2 Å². The molecule has 0 saturated heterocycles. The number of aliphatic hydroxyl groups is 1. The summed E-state index contributed by atoms with van der Waals surface area (Å²) in [5.74, 6) is -1.11. The molecule has 0 radical (unpaired) electrons. The van der Waals surface area contributed by atoms with Crippen molar-refractivity contribution in [1.29, 1.82) is 0 Å². The topological polar surface area (TPSA) is 57.5 Å². The molecule has 3 heteroatoms. The van der Waals surface area contributed by atoms with Crippen molar-refractivity contribution >= 4 is 5.97 Å². The molecule has 2 N–H and O–H groups in total. The fraction of sp³-hybridized carbons (Fsp3) is 0.812. The van der Waals surface area contributed by atoms with Crippen LogP contribution in [0.4, 0.5) is 0 Å². The summed E-state index contributed by atoms with van der Waals surface area (Å²) in [6.45, 7) is 2.23. The van der Waals surface area contributed by atoms with Crippen molar-refractivity contribution in [3.8, 4) is 0 Å². The van der Waals surface area contributed by atoms with E-state index in [-0.39, 0.29) is 0 Å². The summed E-state index contributed by atoms with van der Waals surface area (Å²) in [6.07, 6.45) is 15.4. The summed E-state index contributed by atoms with van der Waals surface area (Å²) in [6, 6.07) is 0. The summed E-state index contributed by atoms with van der Waals surface area (Å²) in [7, 11) is 0. The molecule has 0 aliphatic rings. The SMILES string of the molecule is CCCCCC/C=C/CCCCCCC(O)C(=O)O. The first-order valence-corrected chi connectivity index (χ1v) is 7.74. The molecule has 0 heterocycles. The van der Waals surface area contributed by atoms with Crippen LogP contribution in [0, 0.1) is 0 Å². The molecule has 0 aromatic heterocycles. The molecule has 0 bridgehead atoms. The molecule has 1 atom stereocenters. The fourth-order valence-corrected chi connectivity index (χ4v) is 2.00. The van der Waals surface area contributed by atoms with E-state index in [2.05, 4.69) is 19.1 Å². The van der Waals surface area contributed by atoms with Crippen molar-refractivity contribution in [1.82, 2.24) is 0 Å². The predicted molar refractivity (Wildman–Crippen MR) is 79.2 cm³/mol. The monoisotopic (exact) mass is 270 g/mol. The highest BCUT2D eigenvalue weighted by Crippen LogP contribution is 2.09. The van der Waals surface area contributed by atoms with Gasteiger partial charge in [-0.05, 0) is 32.1 Å². The zero-order valence-corrected chi connectivity index (χ0v) is 12.3. The third-order valence-corrected chi connectivity index (χ3v) is 3.27. The molecular weight excluding hydrogens is 240 g/mol. The van der Waals surface area contributed by atoms with Crippen LogP contribution < -0.4 is 0 Å². The summed E-state index contributed by atoms with van der Waals surface area (Å²) >= 11 is 0. The normalized spacial score (nSPS) is 12.9. The summed E-state index contributed by atoms with van der Waals surface area (Å²) in [5.41, 5.74) is 0. The molecule has 0 saturated carbocycles. The van der Waals surface area contributed by atoms with E-state index < -0.39 is 12.1 Å². The standard InChI is InChI=1S/C16H30O3/c1-2-3-4-5-6-7-8-9-10-11-12-13-14-15(17)16(18)19/h7-8,15,17H,2-6,9-14H2,1H3,(H,18,19)/b8-7+. The molecule has 19 heavy (non-hydrogen) atoms. The molecule has 112 valence electrons. The van der Waals surface area contributed by atoms with E-state index in [0.717, 1.165) is 32.1 Å². The van der Waals surface area contributed by atoms with Crippen molar-refractivity contribution in [3.63, 3.8) is 0 Å². The van der Waals surface area contributed by atoms with Gasteiger partial charge < -0.3 is 10.2 Å². The number of carboxylic acids is 1. The maximum atomic E-state index is 10.4. The number of carboxylic acid groups (broad SMARTS) is 1. The fourth-order valence-electron chi connectivity index (χ4n) is 2.00. The first-order chi connectivity index (χ1) is 9.18. The molecular formula is C16H30O3. The van der Waals surface area contributed by atoms with Gasteiger partial charge in [0, 0.05) is 0 Å². The lowest BCUT2D eigenvalue weighted by atomic mass is 10.1. The van der Waals surface area contributed by atoms with E-state index in [1.807, 2.05) is 0 Å². The van der Waals surface area contributed by atoms with E-state index in [4.69, 9.17) is 10.2 Å². The van der Waals surface area contributed by atoms with Gasteiger partial charge in [-0.3, -0.25) is 0 Å². The second-order valence-electron chi connectivity index (χ2n) is 5.17. The molecule has 0 amide bonds. The van der Waals surface area contributed by atoms with Crippen molar-refractivity contribution in [2.75, 3.05) is 0 Å². The Morgan fingerprint density at radius 1 is 0.947 bits per heavy atom. The minimum Gasteiger partial charge on any atom is -0.479 e. The van der Waals surface area contributed by atoms with E-state index in [0.29, 0.717) is 6.42 Å². The van der Waals surface area contributed by atoms with Gasteiger partial charge in [-0.2, -0.15) is 0 Å². The second-order valence-corrected chi connectivity index (χ2v) is 5.17. The number of aliphatic carboxylic acids is 1. The molecule has 0 aliphatic carbocycles. The summed E-state index contributed by atoms with van der Waals surface area (Å²) < 4.78 is 0. The molecule has 0 fully saturated rings. The van der Waals surface area contributed by atoms with Gasteiger partial charge in [0.2, 0.25) is 0 Å². The minimum absolute atomic E-state index is 0.378. The molecule has 0 aromatic rings. The average molecular weight is 270 g/mol. The van der Waals surface area contributed by atoms with Crippen molar-refractivity contribution in [3.05, 3.63) is 12.2 Å². The van der Waals surface area contributed by atoms with E-state index >= 15 is 0 Å². The highest BCUT2D eigenvalue weighted by Gasteiger charge is 2.11. The lowest BCUT2D eigenvalue weighted by Crippen LogP contribution is -2.18. The number of allylic oxidation sites excluding steroid dienone is 2. The van der Waals surface area contributed by atoms with Crippen LogP contribution in [0.1, 0.15) is 77.6 Å². The third kappa shape index (κ3) is 13.4. The highest BCUT2D eigenvalue weighted by atomic mass is 16.4. The zero-order chi connectivity index (χ0) is 14.3.